The number of hydrogen-bond acceptors (Lipinski definition) is 0. The highest BCUT2D eigenvalue weighted by atomic mass is 79.9. The molecule has 0 saturated heterocycles. The van der Waals surface area contributed by atoms with E-state index < -0.39 is 0 Å². The fourth-order valence-corrected chi connectivity index (χ4v) is 0.612. The van der Waals surface area contributed by atoms with Crippen LogP contribution in [0.2, 0.25) is 0 Å². The topological polar surface area (TPSA) is 0 Å². The lowest BCUT2D eigenvalue weighted by Gasteiger charge is -1.98. The van der Waals surface area contributed by atoms with Gasteiger partial charge in [-0.1, -0.05) is 29.4 Å². The molecule has 8 heavy (non-hydrogen) atoms. The van der Waals surface area contributed by atoms with Crippen LogP contribution < -0.4 is 0 Å². The van der Waals surface area contributed by atoms with Crippen LogP contribution in [0.25, 0.3) is 0 Å². The predicted molar refractivity (Wildman–Crippen MR) is 41.3 cm³/mol. The van der Waals surface area contributed by atoms with Crippen molar-refractivity contribution >= 4 is 15.9 Å². The van der Waals surface area contributed by atoms with Crippen molar-refractivity contribution in [2.45, 2.75) is 13.3 Å². The molecule has 0 bridgehead atoms. The van der Waals surface area contributed by atoms with Crippen LogP contribution in [-0.4, -0.2) is 5.33 Å². The van der Waals surface area contributed by atoms with Gasteiger partial charge in [0.05, 0.1) is 0 Å². The van der Waals surface area contributed by atoms with Crippen molar-refractivity contribution in [3.8, 4) is 0 Å². The molecular formula is C7H11Br. The van der Waals surface area contributed by atoms with E-state index in [-0.39, 0.29) is 0 Å². The van der Waals surface area contributed by atoms with E-state index in [0.29, 0.717) is 5.92 Å². The summed E-state index contributed by atoms with van der Waals surface area (Å²) < 4.78 is 0. The van der Waals surface area contributed by atoms with Crippen LogP contribution in [0, 0.1) is 5.92 Å². The predicted octanol–water partition coefficient (Wildman–Crippen LogP) is 2.75. The van der Waals surface area contributed by atoms with E-state index in [1.54, 1.807) is 0 Å². The lowest BCUT2D eigenvalue weighted by atomic mass is 10.1. The Kier molecular flexibility index (Phi) is 5.14. The summed E-state index contributed by atoms with van der Waals surface area (Å²) in [4.78, 5) is 0. The standard InChI is InChI=1S/C7H11Br/c1-3-4-5-7(2)6-8/h4,7H,1,5-6H2,2H3/t7-/m0/s1. The minimum atomic E-state index is 0.712. The van der Waals surface area contributed by atoms with Gasteiger partial charge in [-0.3, -0.25) is 0 Å². The first-order valence-electron chi connectivity index (χ1n) is 2.71. The first-order valence-corrected chi connectivity index (χ1v) is 3.83. The quantitative estimate of drug-likeness (QED) is 0.457. The number of alkyl halides is 1. The molecule has 1 heteroatoms. The number of halogens is 1. The van der Waals surface area contributed by atoms with Gasteiger partial charge in [-0.05, 0) is 18.4 Å². The Morgan fingerprint density at radius 3 is 2.88 bits per heavy atom. The number of allylic oxidation sites excluding steroid dienone is 1. The monoisotopic (exact) mass is 174 g/mol. The van der Waals surface area contributed by atoms with Crippen LogP contribution in [0.3, 0.4) is 0 Å². The Balaban J connectivity index is 3.23. The van der Waals surface area contributed by atoms with Crippen molar-refractivity contribution in [1.82, 2.24) is 0 Å². The lowest BCUT2D eigenvalue weighted by Crippen LogP contribution is -1.90. The Morgan fingerprint density at radius 1 is 1.88 bits per heavy atom. The molecule has 0 aliphatic rings. The average Bonchev–Trinajstić information content (AvgIpc) is 1.83. The Bertz CT molecular complexity index is 90.6. The molecule has 0 aliphatic carbocycles. The van der Waals surface area contributed by atoms with Gasteiger partial charge in [0.1, 0.15) is 0 Å². The molecule has 0 spiro atoms. The van der Waals surface area contributed by atoms with Crippen molar-refractivity contribution in [1.29, 1.82) is 0 Å². The zero-order valence-corrected chi connectivity index (χ0v) is 6.74. The summed E-state index contributed by atoms with van der Waals surface area (Å²) in [5, 5.41) is 1.06. The van der Waals surface area contributed by atoms with E-state index in [2.05, 4.69) is 35.2 Å². The molecule has 0 N–H and O–H groups in total. The van der Waals surface area contributed by atoms with Crippen molar-refractivity contribution in [2.75, 3.05) is 5.33 Å². The SMILES string of the molecule is C=C=CC[C@H](C)CBr. The highest BCUT2D eigenvalue weighted by molar-refractivity contribution is 9.09. The van der Waals surface area contributed by atoms with Gasteiger partial charge in [0, 0.05) is 5.33 Å². The van der Waals surface area contributed by atoms with Gasteiger partial charge in [0.15, 0.2) is 0 Å². The summed E-state index contributed by atoms with van der Waals surface area (Å²) >= 11 is 3.38. The van der Waals surface area contributed by atoms with Gasteiger partial charge in [0.2, 0.25) is 0 Å². The summed E-state index contributed by atoms with van der Waals surface area (Å²) in [5.74, 6) is 0.712. The third-order valence-corrected chi connectivity index (χ3v) is 2.03. The van der Waals surface area contributed by atoms with Crippen LogP contribution in [-0.2, 0) is 0 Å². The van der Waals surface area contributed by atoms with E-state index in [4.69, 9.17) is 0 Å². The first kappa shape index (κ1) is 8.00. The maximum Gasteiger partial charge on any atom is 0.00602 e. The molecule has 0 saturated carbocycles. The Labute approximate surface area is 59.4 Å². The average molecular weight is 175 g/mol. The maximum absolute atomic E-state index is 3.47. The summed E-state index contributed by atoms with van der Waals surface area (Å²) in [6.45, 7) is 5.65. The minimum absolute atomic E-state index is 0.712. The third-order valence-electron chi connectivity index (χ3n) is 0.928. The van der Waals surface area contributed by atoms with Crippen molar-refractivity contribution in [3.05, 3.63) is 18.4 Å². The fourth-order valence-electron chi connectivity index (χ4n) is 0.348. The van der Waals surface area contributed by atoms with Gasteiger partial charge in [0.25, 0.3) is 0 Å². The van der Waals surface area contributed by atoms with Gasteiger partial charge < -0.3 is 0 Å². The summed E-state index contributed by atoms with van der Waals surface area (Å²) in [5.41, 5.74) is 2.74. The minimum Gasteiger partial charge on any atom is -0.133 e. The smallest absolute Gasteiger partial charge is 0.00602 e. The zero-order valence-electron chi connectivity index (χ0n) is 5.15. The molecule has 46 valence electrons. The second-order valence-corrected chi connectivity index (χ2v) is 2.55. The van der Waals surface area contributed by atoms with Gasteiger partial charge >= 0.3 is 0 Å². The molecule has 0 aliphatic heterocycles. The summed E-state index contributed by atoms with van der Waals surface area (Å²) in [6.07, 6.45) is 3.04. The third kappa shape index (κ3) is 4.17. The molecule has 0 rings (SSSR count). The fraction of sp³-hybridized carbons (Fsp3) is 0.571. The van der Waals surface area contributed by atoms with Crippen molar-refractivity contribution in [2.24, 2.45) is 5.92 Å². The van der Waals surface area contributed by atoms with E-state index in [1.165, 1.54) is 0 Å². The van der Waals surface area contributed by atoms with Gasteiger partial charge in [-0.25, -0.2) is 0 Å². The van der Waals surface area contributed by atoms with Crippen LogP contribution >= 0.6 is 15.9 Å². The highest BCUT2D eigenvalue weighted by Gasteiger charge is 1.92. The molecule has 0 radical (unpaired) electrons. The first-order chi connectivity index (χ1) is 3.81. The second-order valence-electron chi connectivity index (χ2n) is 1.90. The molecule has 1 atom stereocenters. The molecule has 0 amide bonds. The van der Waals surface area contributed by atoms with Crippen LogP contribution in [0.4, 0.5) is 0 Å². The van der Waals surface area contributed by atoms with Crippen molar-refractivity contribution < 1.29 is 0 Å². The van der Waals surface area contributed by atoms with E-state index in [1.807, 2.05) is 6.08 Å². The number of hydrogen-bond donors (Lipinski definition) is 0. The van der Waals surface area contributed by atoms with Crippen LogP contribution in [0.1, 0.15) is 13.3 Å². The van der Waals surface area contributed by atoms with Crippen LogP contribution in [0.5, 0.6) is 0 Å². The molecule has 0 fully saturated rings. The maximum atomic E-state index is 3.47. The largest absolute Gasteiger partial charge is 0.133 e. The lowest BCUT2D eigenvalue weighted by molar-refractivity contribution is 0.681. The molecule has 0 nitrogen and oxygen atoms in total. The summed E-state index contributed by atoms with van der Waals surface area (Å²) in [7, 11) is 0. The van der Waals surface area contributed by atoms with Crippen LogP contribution in [0.15, 0.2) is 18.4 Å². The molecule has 0 aromatic rings. The molecule has 0 aromatic carbocycles. The Hall–Kier alpha value is 0. The van der Waals surface area contributed by atoms with E-state index >= 15 is 0 Å². The second kappa shape index (κ2) is 5.14. The van der Waals surface area contributed by atoms with Crippen molar-refractivity contribution in [3.63, 3.8) is 0 Å². The van der Waals surface area contributed by atoms with E-state index in [9.17, 15) is 0 Å². The van der Waals surface area contributed by atoms with Gasteiger partial charge in [-0.2, -0.15) is 0 Å². The van der Waals surface area contributed by atoms with Gasteiger partial charge in [-0.15, -0.1) is 5.73 Å². The number of rotatable bonds is 3. The van der Waals surface area contributed by atoms with E-state index in [0.717, 1.165) is 11.8 Å². The molecular weight excluding hydrogens is 164 g/mol. The molecule has 0 unspecified atom stereocenters. The zero-order chi connectivity index (χ0) is 6.41. The molecule has 0 heterocycles. The summed E-state index contributed by atoms with van der Waals surface area (Å²) in [6, 6.07) is 0. The highest BCUT2D eigenvalue weighted by Crippen LogP contribution is 2.04. The Morgan fingerprint density at radius 2 is 2.50 bits per heavy atom. The normalized spacial score (nSPS) is 12.2. The molecule has 0 aromatic heterocycles.